The van der Waals surface area contributed by atoms with Crippen molar-refractivity contribution in [3.8, 4) is 0 Å². The van der Waals surface area contributed by atoms with Gasteiger partial charge in [0.2, 0.25) is 0 Å². The third-order valence-electron chi connectivity index (χ3n) is 1.15. The Morgan fingerprint density at radius 2 is 1.50 bits per heavy atom. The number of nitrogens with one attached hydrogen (secondary N) is 1. The lowest BCUT2D eigenvalue weighted by molar-refractivity contribution is -0.0731. The molecule has 0 radical (unpaired) electrons. The predicted molar refractivity (Wildman–Crippen MR) is 47.0 cm³/mol. The highest BCUT2D eigenvalue weighted by Crippen LogP contribution is 2.08. The van der Waals surface area contributed by atoms with Crippen molar-refractivity contribution in [2.24, 2.45) is 0 Å². The molecular weight excluding hydrogens is 160 g/mol. The summed E-state index contributed by atoms with van der Waals surface area (Å²) in [5, 5.41) is 24.1. The number of hydrazine groups is 3. The van der Waals surface area contributed by atoms with E-state index in [1.165, 1.54) is 19.1 Å². The maximum atomic E-state index is 11.1. The topological polar surface area (TPSA) is 67.9 Å². The molecule has 6 nitrogen and oxygen atoms in total. The van der Waals surface area contributed by atoms with Crippen LogP contribution in [-0.2, 0) is 0 Å². The van der Waals surface area contributed by atoms with E-state index in [0.29, 0.717) is 10.5 Å². The van der Waals surface area contributed by atoms with Crippen LogP contribution in [0.5, 0.6) is 0 Å². The summed E-state index contributed by atoms with van der Waals surface area (Å²) in [7, 11) is 3.08. The number of nitrogens with zero attached hydrogens (tertiary/aromatic N) is 3. The lowest BCUT2D eigenvalue weighted by Crippen LogP contribution is -2.55. The van der Waals surface area contributed by atoms with E-state index in [4.69, 9.17) is 0 Å². The number of hydrogen-bond acceptors (Lipinski definition) is 6. The molecule has 1 N–H and O–H groups in total. The van der Waals surface area contributed by atoms with Crippen LogP contribution in [0, 0.1) is 10.4 Å². The molecule has 0 spiro atoms. The Morgan fingerprint density at radius 1 is 1.08 bits per heavy atom. The Labute approximate surface area is 72.8 Å². The molecule has 0 aliphatic rings. The van der Waals surface area contributed by atoms with Crippen molar-refractivity contribution in [3.63, 3.8) is 0 Å². The summed E-state index contributed by atoms with van der Waals surface area (Å²) < 4.78 is 0. The molecule has 0 aromatic carbocycles. The minimum Gasteiger partial charge on any atom is -0.770 e. The summed E-state index contributed by atoms with van der Waals surface area (Å²) in [6.07, 6.45) is 0. The van der Waals surface area contributed by atoms with Crippen LogP contribution >= 0.6 is 0 Å². The maximum Gasteiger partial charge on any atom is 0.0148 e. The molecule has 6 heteroatoms. The second kappa shape index (κ2) is 4.13. The zero-order chi connectivity index (χ0) is 9.94. The molecule has 0 aliphatic heterocycles. The van der Waals surface area contributed by atoms with Gasteiger partial charge in [0.25, 0.3) is 0 Å². The lowest BCUT2D eigenvalue weighted by Gasteiger charge is -2.48. The van der Waals surface area contributed by atoms with Crippen LogP contribution < -0.4 is 5.53 Å². The van der Waals surface area contributed by atoms with Gasteiger partial charge in [-0.15, -0.1) is 0 Å². The zero-order valence-electron chi connectivity index (χ0n) is 8.16. The summed E-state index contributed by atoms with van der Waals surface area (Å²) in [5.74, 6) is 0. The van der Waals surface area contributed by atoms with E-state index in [-0.39, 0.29) is 0 Å². The molecule has 0 rings (SSSR count). The number of hydrogen-bond donors (Lipinski definition) is 1. The van der Waals surface area contributed by atoms with E-state index in [1.807, 2.05) is 0 Å². The Morgan fingerprint density at radius 3 is 1.75 bits per heavy atom. The summed E-state index contributed by atoms with van der Waals surface area (Å²) in [6, 6.07) is 0. The van der Waals surface area contributed by atoms with Crippen LogP contribution in [0.2, 0.25) is 0 Å². The van der Waals surface area contributed by atoms with Crippen molar-refractivity contribution in [2.45, 2.75) is 26.3 Å². The molecule has 0 fully saturated rings. The molecule has 0 aliphatic carbocycles. The Balaban J connectivity index is 3.93. The summed E-state index contributed by atoms with van der Waals surface area (Å²) in [6.45, 7) is 5.11. The largest absolute Gasteiger partial charge is 0.770 e. The standard InChI is InChI=1S/C6H16N4O2/c1-6(2,3)9(11)7-10(12)8(4)5/h7H,1-5H3/q-2. The Bertz CT molecular complexity index is 134. The first-order chi connectivity index (χ1) is 5.25. The Kier molecular flexibility index (Phi) is 4.04. The van der Waals surface area contributed by atoms with Crippen LogP contribution in [0.3, 0.4) is 0 Å². The van der Waals surface area contributed by atoms with Gasteiger partial charge in [0.05, 0.1) is 0 Å². The molecule has 0 heterocycles. The van der Waals surface area contributed by atoms with E-state index in [0.717, 1.165) is 0 Å². The van der Waals surface area contributed by atoms with Gasteiger partial charge in [0, 0.05) is 19.6 Å². The van der Waals surface area contributed by atoms with Crippen molar-refractivity contribution >= 4 is 0 Å². The van der Waals surface area contributed by atoms with Crippen LogP contribution in [0.15, 0.2) is 0 Å². The van der Waals surface area contributed by atoms with Gasteiger partial charge in [0.15, 0.2) is 0 Å². The third kappa shape index (κ3) is 3.96. The highest BCUT2D eigenvalue weighted by atomic mass is 16.7. The van der Waals surface area contributed by atoms with Crippen molar-refractivity contribution < 1.29 is 0 Å². The lowest BCUT2D eigenvalue weighted by atomic mass is 10.1. The van der Waals surface area contributed by atoms with E-state index in [9.17, 15) is 10.4 Å². The van der Waals surface area contributed by atoms with Crippen molar-refractivity contribution in [2.75, 3.05) is 14.1 Å². The molecule has 0 saturated carbocycles. The van der Waals surface area contributed by atoms with Gasteiger partial charge in [-0.3, -0.25) is 0 Å². The van der Waals surface area contributed by atoms with Crippen LogP contribution in [0.1, 0.15) is 20.8 Å². The van der Waals surface area contributed by atoms with Gasteiger partial charge in [-0.2, -0.15) is 5.53 Å². The molecule has 0 atom stereocenters. The predicted octanol–water partition coefficient (Wildman–Crippen LogP) is 0.281. The first kappa shape index (κ1) is 11.8. The molecule has 0 amide bonds. The average molecular weight is 176 g/mol. The summed E-state index contributed by atoms with van der Waals surface area (Å²) in [4.78, 5) is 0. The molecule has 0 unspecified atom stereocenters. The number of rotatable bonds is 3. The summed E-state index contributed by atoms with van der Waals surface area (Å²) >= 11 is 0. The number of hydroxylamine groups is 1. The monoisotopic (exact) mass is 176 g/mol. The van der Waals surface area contributed by atoms with Crippen LogP contribution in [-0.4, -0.2) is 35.1 Å². The quantitative estimate of drug-likeness (QED) is 0.623. The van der Waals surface area contributed by atoms with E-state index in [2.05, 4.69) is 5.53 Å². The fraction of sp³-hybridized carbons (Fsp3) is 1.00. The summed E-state index contributed by atoms with van der Waals surface area (Å²) in [5.41, 5.74) is 1.47. The fourth-order valence-corrected chi connectivity index (χ4v) is 0.317. The smallest absolute Gasteiger partial charge is 0.0148 e. The van der Waals surface area contributed by atoms with E-state index >= 15 is 0 Å². The fourth-order valence-electron chi connectivity index (χ4n) is 0.317. The normalized spacial score (nSPS) is 13.5. The SMILES string of the molecule is CN(C)N([O-])NN([O-])C(C)(C)C. The van der Waals surface area contributed by atoms with Crippen LogP contribution in [0.4, 0.5) is 0 Å². The highest BCUT2D eigenvalue weighted by molar-refractivity contribution is 4.72. The molecule has 0 aromatic heterocycles. The van der Waals surface area contributed by atoms with Gasteiger partial charge in [-0.05, 0) is 20.8 Å². The van der Waals surface area contributed by atoms with Crippen molar-refractivity contribution in [1.82, 2.24) is 21.0 Å². The minimum atomic E-state index is -0.626. The van der Waals surface area contributed by atoms with E-state index in [1.54, 1.807) is 20.8 Å². The molecule has 0 bridgehead atoms. The van der Waals surface area contributed by atoms with Crippen molar-refractivity contribution in [3.05, 3.63) is 10.4 Å². The minimum absolute atomic E-state index is 0.359. The Hall–Kier alpha value is -0.240. The van der Waals surface area contributed by atoms with Gasteiger partial charge in [0.1, 0.15) is 0 Å². The van der Waals surface area contributed by atoms with Gasteiger partial charge in [-0.25, -0.2) is 10.3 Å². The first-order valence-corrected chi connectivity index (χ1v) is 3.63. The van der Waals surface area contributed by atoms with Gasteiger partial charge >= 0.3 is 0 Å². The highest BCUT2D eigenvalue weighted by Gasteiger charge is 2.12. The zero-order valence-corrected chi connectivity index (χ0v) is 8.16. The van der Waals surface area contributed by atoms with Crippen molar-refractivity contribution in [1.29, 1.82) is 0 Å². The molecule has 12 heavy (non-hydrogen) atoms. The second-order valence-electron chi connectivity index (χ2n) is 3.69. The first-order valence-electron chi connectivity index (χ1n) is 3.63. The molecule has 74 valence electrons. The van der Waals surface area contributed by atoms with E-state index < -0.39 is 5.54 Å². The van der Waals surface area contributed by atoms with Gasteiger partial charge < -0.3 is 15.6 Å². The molecule has 0 saturated heterocycles. The molecular formula is C6H16N4O2-2. The average Bonchev–Trinajstić information content (AvgIpc) is 1.85. The third-order valence-corrected chi connectivity index (χ3v) is 1.15. The second-order valence-corrected chi connectivity index (χ2v) is 3.69. The van der Waals surface area contributed by atoms with Gasteiger partial charge in [-0.1, -0.05) is 0 Å². The maximum absolute atomic E-state index is 11.1. The van der Waals surface area contributed by atoms with Crippen LogP contribution in [0.25, 0.3) is 0 Å². The molecule has 0 aromatic rings.